The van der Waals surface area contributed by atoms with Gasteiger partial charge in [-0.1, -0.05) is 30.3 Å². The number of rotatable bonds is 7. The third-order valence-electron chi connectivity index (χ3n) is 3.43. The number of nitrogens with one attached hydrogen (secondary N) is 1. The average Bonchev–Trinajstić information content (AvgIpc) is 2.60. The number of aliphatic hydroxyl groups excluding tert-OH is 1. The highest BCUT2D eigenvalue weighted by molar-refractivity contribution is 5.95. The third kappa shape index (κ3) is 5.00. The lowest BCUT2D eigenvalue weighted by Crippen LogP contribution is -2.33. The zero-order chi connectivity index (χ0) is 16.7. The highest BCUT2D eigenvalue weighted by Gasteiger charge is 2.12. The lowest BCUT2D eigenvalue weighted by atomic mass is 10.1. The number of aliphatic hydroxyl groups is 1. The van der Waals surface area contributed by atoms with Gasteiger partial charge >= 0.3 is 0 Å². The Kier molecular flexibility index (Phi) is 6.00. The first kappa shape index (κ1) is 16.8. The summed E-state index contributed by atoms with van der Waals surface area (Å²) in [5.41, 5.74) is 1.45. The van der Waals surface area contributed by atoms with Crippen LogP contribution in [0, 0.1) is 0 Å². The van der Waals surface area contributed by atoms with E-state index in [1.165, 1.54) is 14.2 Å². The fraction of sp³-hybridized carbons (Fsp3) is 0.278. The number of hydrogen-bond donors (Lipinski definition) is 2. The van der Waals surface area contributed by atoms with Crippen molar-refractivity contribution in [1.29, 1.82) is 0 Å². The van der Waals surface area contributed by atoms with Gasteiger partial charge in [0.1, 0.15) is 11.5 Å². The Bertz CT molecular complexity index is 620. The van der Waals surface area contributed by atoms with Crippen LogP contribution in [0.5, 0.6) is 11.5 Å². The van der Waals surface area contributed by atoms with E-state index < -0.39 is 6.10 Å². The predicted molar refractivity (Wildman–Crippen MR) is 88.0 cm³/mol. The fourth-order valence-electron chi connectivity index (χ4n) is 2.21. The summed E-state index contributed by atoms with van der Waals surface area (Å²) in [7, 11) is 3.06. The summed E-state index contributed by atoms with van der Waals surface area (Å²) in [6.07, 6.45) is -0.156. The number of amides is 1. The molecule has 0 aromatic heterocycles. The third-order valence-corrected chi connectivity index (χ3v) is 3.43. The Balaban J connectivity index is 1.94. The van der Waals surface area contributed by atoms with Crippen LogP contribution >= 0.6 is 0 Å². The molecule has 2 N–H and O–H groups in total. The van der Waals surface area contributed by atoms with Crippen LogP contribution in [0.2, 0.25) is 0 Å². The molecule has 0 aliphatic heterocycles. The normalized spacial score (nSPS) is 11.6. The highest BCUT2D eigenvalue weighted by atomic mass is 16.5. The molecule has 1 unspecified atom stereocenters. The molecule has 0 bridgehead atoms. The van der Waals surface area contributed by atoms with Gasteiger partial charge in [0.15, 0.2) is 0 Å². The van der Waals surface area contributed by atoms with Crippen molar-refractivity contribution in [3.8, 4) is 11.5 Å². The average molecular weight is 315 g/mol. The van der Waals surface area contributed by atoms with Gasteiger partial charge in [-0.25, -0.2) is 0 Å². The van der Waals surface area contributed by atoms with E-state index in [-0.39, 0.29) is 12.5 Å². The molecule has 0 aliphatic rings. The van der Waals surface area contributed by atoms with E-state index in [1.807, 2.05) is 30.3 Å². The van der Waals surface area contributed by atoms with Gasteiger partial charge in [-0.05, 0) is 17.7 Å². The molecule has 0 saturated heterocycles. The molecule has 0 heterocycles. The fourth-order valence-corrected chi connectivity index (χ4v) is 2.21. The molecule has 0 saturated carbocycles. The molecule has 0 aliphatic carbocycles. The van der Waals surface area contributed by atoms with Crippen LogP contribution < -0.4 is 14.8 Å². The lowest BCUT2D eigenvalue weighted by Gasteiger charge is -2.13. The van der Waals surface area contributed by atoms with Crippen LogP contribution in [0.4, 0.5) is 0 Å². The van der Waals surface area contributed by atoms with Crippen molar-refractivity contribution in [1.82, 2.24) is 5.32 Å². The van der Waals surface area contributed by atoms with Gasteiger partial charge in [0, 0.05) is 24.6 Å². The van der Waals surface area contributed by atoms with Crippen LogP contribution in [0.25, 0.3) is 0 Å². The molecular weight excluding hydrogens is 294 g/mol. The standard InChI is InChI=1S/C18H21NO4/c1-22-16-9-14(10-17(11-16)23-2)18(21)19-12-15(20)8-13-6-4-3-5-7-13/h3-7,9-11,15,20H,8,12H2,1-2H3,(H,19,21). The van der Waals surface area contributed by atoms with Gasteiger partial charge < -0.3 is 19.9 Å². The van der Waals surface area contributed by atoms with E-state index in [0.29, 0.717) is 23.5 Å². The minimum atomic E-state index is -0.645. The molecule has 5 nitrogen and oxygen atoms in total. The second-order valence-electron chi connectivity index (χ2n) is 5.15. The van der Waals surface area contributed by atoms with E-state index in [9.17, 15) is 9.90 Å². The summed E-state index contributed by atoms with van der Waals surface area (Å²) in [4.78, 5) is 12.2. The first-order valence-corrected chi connectivity index (χ1v) is 7.35. The lowest BCUT2D eigenvalue weighted by molar-refractivity contribution is 0.0915. The zero-order valence-electron chi connectivity index (χ0n) is 13.3. The van der Waals surface area contributed by atoms with Gasteiger partial charge in [-0.15, -0.1) is 0 Å². The van der Waals surface area contributed by atoms with Gasteiger partial charge in [0.25, 0.3) is 5.91 Å². The van der Waals surface area contributed by atoms with E-state index in [4.69, 9.17) is 9.47 Å². The molecule has 23 heavy (non-hydrogen) atoms. The summed E-state index contributed by atoms with van der Waals surface area (Å²) in [6.45, 7) is 0.174. The summed E-state index contributed by atoms with van der Waals surface area (Å²) in [6, 6.07) is 14.6. The summed E-state index contributed by atoms with van der Waals surface area (Å²) >= 11 is 0. The number of methoxy groups -OCH3 is 2. The van der Waals surface area contributed by atoms with Crippen LogP contribution in [0.15, 0.2) is 48.5 Å². The second kappa shape index (κ2) is 8.19. The minimum absolute atomic E-state index is 0.174. The van der Waals surface area contributed by atoms with Crippen LogP contribution in [-0.4, -0.2) is 37.9 Å². The molecular formula is C18H21NO4. The van der Waals surface area contributed by atoms with E-state index in [2.05, 4.69) is 5.32 Å². The summed E-state index contributed by atoms with van der Waals surface area (Å²) in [5.74, 6) is 0.799. The van der Waals surface area contributed by atoms with E-state index in [0.717, 1.165) is 5.56 Å². The van der Waals surface area contributed by atoms with Crippen molar-refractivity contribution >= 4 is 5.91 Å². The maximum Gasteiger partial charge on any atom is 0.251 e. The van der Waals surface area contributed by atoms with Gasteiger partial charge in [-0.3, -0.25) is 4.79 Å². The minimum Gasteiger partial charge on any atom is -0.497 e. The van der Waals surface area contributed by atoms with Crippen molar-refractivity contribution in [3.63, 3.8) is 0 Å². The number of carbonyl (C=O) groups excluding carboxylic acids is 1. The number of hydrogen-bond acceptors (Lipinski definition) is 4. The van der Waals surface area contributed by atoms with E-state index in [1.54, 1.807) is 18.2 Å². The van der Waals surface area contributed by atoms with Crippen molar-refractivity contribution in [2.75, 3.05) is 20.8 Å². The Morgan fingerprint density at radius 1 is 1.09 bits per heavy atom. The molecule has 0 fully saturated rings. The zero-order valence-corrected chi connectivity index (χ0v) is 13.3. The first-order valence-electron chi connectivity index (χ1n) is 7.35. The monoisotopic (exact) mass is 315 g/mol. The number of ether oxygens (including phenoxy) is 2. The summed E-state index contributed by atoms with van der Waals surface area (Å²) in [5, 5.41) is 12.8. The molecule has 2 aromatic carbocycles. The predicted octanol–water partition coefficient (Wildman–Crippen LogP) is 2.04. The Labute approximate surface area is 135 Å². The molecule has 1 amide bonds. The van der Waals surface area contributed by atoms with E-state index >= 15 is 0 Å². The molecule has 2 rings (SSSR count). The molecule has 1 atom stereocenters. The topological polar surface area (TPSA) is 67.8 Å². The summed E-state index contributed by atoms with van der Waals surface area (Å²) < 4.78 is 10.3. The Hall–Kier alpha value is -2.53. The largest absolute Gasteiger partial charge is 0.497 e. The molecule has 2 aromatic rings. The Morgan fingerprint density at radius 3 is 2.26 bits per heavy atom. The Morgan fingerprint density at radius 2 is 1.70 bits per heavy atom. The molecule has 0 radical (unpaired) electrons. The van der Waals surface area contributed by atoms with Crippen LogP contribution in [0.3, 0.4) is 0 Å². The quantitative estimate of drug-likeness (QED) is 0.820. The molecule has 122 valence electrons. The van der Waals surface area contributed by atoms with Crippen molar-refractivity contribution in [3.05, 3.63) is 59.7 Å². The molecule has 5 heteroatoms. The maximum atomic E-state index is 12.2. The SMILES string of the molecule is COc1cc(OC)cc(C(=O)NCC(O)Cc2ccccc2)c1. The van der Waals surface area contributed by atoms with Crippen LogP contribution in [-0.2, 0) is 6.42 Å². The van der Waals surface area contributed by atoms with Gasteiger partial charge in [0.05, 0.1) is 20.3 Å². The highest BCUT2D eigenvalue weighted by Crippen LogP contribution is 2.22. The van der Waals surface area contributed by atoms with Crippen LogP contribution in [0.1, 0.15) is 15.9 Å². The number of carbonyl (C=O) groups is 1. The first-order chi connectivity index (χ1) is 11.1. The van der Waals surface area contributed by atoms with Crippen molar-refractivity contribution in [2.45, 2.75) is 12.5 Å². The smallest absolute Gasteiger partial charge is 0.251 e. The van der Waals surface area contributed by atoms with Crippen molar-refractivity contribution in [2.24, 2.45) is 0 Å². The maximum absolute atomic E-state index is 12.2. The molecule has 0 spiro atoms. The van der Waals surface area contributed by atoms with Gasteiger partial charge in [-0.2, -0.15) is 0 Å². The van der Waals surface area contributed by atoms with Gasteiger partial charge in [0.2, 0.25) is 0 Å². The second-order valence-corrected chi connectivity index (χ2v) is 5.15. The van der Waals surface area contributed by atoms with Crippen molar-refractivity contribution < 1.29 is 19.4 Å². The number of benzene rings is 2.